The fourth-order valence-electron chi connectivity index (χ4n) is 10.2. The van der Waals surface area contributed by atoms with Gasteiger partial charge in [-0.15, -0.1) is 0 Å². The van der Waals surface area contributed by atoms with Gasteiger partial charge >= 0.3 is 0 Å². The molecule has 0 nitrogen and oxygen atoms in total. The number of hydrogen-bond acceptors (Lipinski definition) is 0. The Morgan fingerprint density at radius 1 is 0.167 bits per heavy atom. The number of rotatable bonds is 4. The Hall–Kier alpha value is -7.80. The molecule has 0 aromatic heterocycles. The molecule has 0 aliphatic heterocycles. The van der Waals surface area contributed by atoms with E-state index in [4.69, 9.17) is 0 Å². The Balaban J connectivity index is 0.813. The Morgan fingerprint density at radius 3 is 1.13 bits per heavy atom. The summed E-state index contributed by atoms with van der Waals surface area (Å²) in [6.07, 6.45) is 0. The molecule has 0 saturated heterocycles. The number of hydrogen-bond donors (Lipinski definition) is 0. The molecule has 0 atom stereocenters. The maximum absolute atomic E-state index is 2.37. The van der Waals surface area contributed by atoms with E-state index < -0.39 is 0 Å². The molecule has 12 aromatic rings. The molecule has 0 amide bonds. The fraction of sp³-hybridized carbons (Fsp3) is 0. The van der Waals surface area contributed by atoms with E-state index in [-0.39, 0.29) is 0 Å². The standard InChI is InChI=1S/C60H36/c1-2-8-38-31-41(16-15-37(38)7-1)39-9-5-10-40(32-39)42-21-25-50-45(33-42)17-18-46-34-43(22-26-51(46)50)44-23-27-52-47(35-44)19-20-48-36-49(24-28-53(48)52)54-29-30-59-56-12-4-3-11-55(56)58-14-6-13-57(54)60(58)59/h1-36H. The van der Waals surface area contributed by atoms with Crippen molar-refractivity contribution in [1.29, 1.82) is 0 Å². The van der Waals surface area contributed by atoms with E-state index in [0.717, 1.165) is 0 Å². The van der Waals surface area contributed by atoms with Gasteiger partial charge in [0.2, 0.25) is 0 Å². The summed E-state index contributed by atoms with van der Waals surface area (Å²) in [4.78, 5) is 0. The smallest absolute Gasteiger partial charge is 0.00201 e. The summed E-state index contributed by atoms with van der Waals surface area (Å²) in [5.74, 6) is 0. The molecule has 1 aliphatic carbocycles. The number of benzene rings is 12. The minimum Gasteiger partial charge on any atom is -0.0616 e. The molecular weight excluding hydrogens is 721 g/mol. The predicted molar refractivity (Wildman–Crippen MR) is 258 cm³/mol. The first-order valence-corrected chi connectivity index (χ1v) is 20.9. The maximum atomic E-state index is 2.37. The van der Waals surface area contributed by atoms with Crippen LogP contribution in [0.4, 0.5) is 0 Å². The van der Waals surface area contributed by atoms with Crippen molar-refractivity contribution < 1.29 is 0 Å². The molecular formula is C60H36. The zero-order valence-electron chi connectivity index (χ0n) is 32.8. The molecule has 0 saturated carbocycles. The van der Waals surface area contributed by atoms with Crippen LogP contribution in [0.1, 0.15) is 0 Å². The molecule has 60 heavy (non-hydrogen) atoms. The monoisotopic (exact) mass is 756 g/mol. The molecule has 1 aliphatic rings. The van der Waals surface area contributed by atoms with Gasteiger partial charge in [0, 0.05) is 0 Å². The minimum absolute atomic E-state index is 1.23. The molecule has 0 heteroatoms. The van der Waals surface area contributed by atoms with Crippen LogP contribution in [0, 0.1) is 0 Å². The van der Waals surface area contributed by atoms with Crippen LogP contribution in [0.3, 0.4) is 0 Å². The van der Waals surface area contributed by atoms with Crippen molar-refractivity contribution in [3.05, 3.63) is 218 Å². The van der Waals surface area contributed by atoms with Crippen molar-refractivity contribution in [3.63, 3.8) is 0 Å². The fourth-order valence-corrected chi connectivity index (χ4v) is 10.2. The minimum atomic E-state index is 1.23. The van der Waals surface area contributed by atoms with E-state index in [1.165, 1.54) is 131 Å². The summed E-state index contributed by atoms with van der Waals surface area (Å²) < 4.78 is 0. The molecule has 13 rings (SSSR count). The largest absolute Gasteiger partial charge is 0.0616 e. The first-order chi connectivity index (χ1) is 29.7. The Bertz CT molecular complexity index is 3740. The lowest BCUT2D eigenvalue weighted by Crippen LogP contribution is -1.86. The Labute approximate surface area is 348 Å². The van der Waals surface area contributed by atoms with Gasteiger partial charge in [-0.05, 0) is 168 Å². The lowest BCUT2D eigenvalue weighted by molar-refractivity contribution is 1.61. The van der Waals surface area contributed by atoms with Crippen LogP contribution in [0.25, 0.3) is 131 Å². The zero-order chi connectivity index (χ0) is 39.3. The quantitative estimate of drug-likeness (QED) is 0.157. The van der Waals surface area contributed by atoms with Crippen molar-refractivity contribution >= 4 is 64.6 Å². The Kier molecular flexibility index (Phi) is 7.11. The average Bonchev–Trinajstić information content (AvgIpc) is 3.65. The van der Waals surface area contributed by atoms with Crippen LogP contribution in [-0.2, 0) is 0 Å². The van der Waals surface area contributed by atoms with E-state index in [9.17, 15) is 0 Å². The molecule has 0 N–H and O–H groups in total. The third-order valence-corrected chi connectivity index (χ3v) is 13.1. The Morgan fingerprint density at radius 2 is 0.550 bits per heavy atom. The van der Waals surface area contributed by atoms with Crippen LogP contribution in [0.5, 0.6) is 0 Å². The third-order valence-electron chi connectivity index (χ3n) is 13.1. The van der Waals surface area contributed by atoms with E-state index >= 15 is 0 Å². The van der Waals surface area contributed by atoms with Crippen LogP contribution in [0.15, 0.2) is 218 Å². The topological polar surface area (TPSA) is 0 Å². The van der Waals surface area contributed by atoms with Crippen molar-refractivity contribution in [3.8, 4) is 66.8 Å². The lowest BCUT2D eigenvalue weighted by atomic mass is 9.91. The highest BCUT2D eigenvalue weighted by atomic mass is 14.3. The molecule has 0 heterocycles. The SMILES string of the molecule is c1cc(-c2ccc3ccccc3c2)cc(-c2ccc3c(ccc4cc(-c5ccc6c(ccc7cc(-c8ccc9c%10c(cccc8%10)-c8ccccc8-9)ccc76)c5)ccc43)c2)c1. The molecule has 0 radical (unpaired) electrons. The molecule has 0 spiro atoms. The van der Waals surface area contributed by atoms with Gasteiger partial charge in [-0.1, -0.05) is 182 Å². The van der Waals surface area contributed by atoms with E-state index in [0.29, 0.717) is 0 Å². The molecule has 0 unspecified atom stereocenters. The van der Waals surface area contributed by atoms with Gasteiger partial charge in [-0.3, -0.25) is 0 Å². The zero-order valence-corrected chi connectivity index (χ0v) is 32.8. The first-order valence-electron chi connectivity index (χ1n) is 20.9. The summed E-state index contributed by atoms with van der Waals surface area (Å²) >= 11 is 0. The molecule has 12 aromatic carbocycles. The van der Waals surface area contributed by atoms with Crippen LogP contribution in [0.2, 0.25) is 0 Å². The molecule has 0 fully saturated rings. The van der Waals surface area contributed by atoms with Crippen molar-refractivity contribution in [1.82, 2.24) is 0 Å². The average molecular weight is 757 g/mol. The van der Waals surface area contributed by atoms with Gasteiger partial charge in [0.25, 0.3) is 0 Å². The van der Waals surface area contributed by atoms with Gasteiger partial charge < -0.3 is 0 Å². The second-order valence-electron chi connectivity index (χ2n) is 16.5. The summed E-state index contributed by atoms with van der Waals surface area (Å²) in [6.45, 7) is 0. The second kappa shape index (κ2) is 12.9. The highest BCUT2D eigenvalue weighted by Gasteiger charge is 2.22. The van der Waals surface area contributed by atoms with Gasteiger partial charge in [-0.2, -0.15) is 0 Å². The van der Waals surface area contributed by atoms with Gasteiger partial charge in [-0.25, -0.2) is 0 Å². The van der Waals surface area contributed by atoms with Crippen LogP contribution < -0.4 is 0 Å². The van der Waals surface area contributed by atoms with E-state index in [1.54, 1.807) is 0 Å². The first kappa shape index (κ1) is 33.2. The number of fused-ring (bicyclic) bond motifs is 10. The highest BCUT2D eigenvalue weighted by Crippen LogP contribution is 2.49. The lowest BCUT2D eigenvalue weighted by Gasteiger charge is -2.12. The summed E-state index contributed by atoms with van der Waals surface area (Å²) in [7, 11) is 0. The van der Waals surface area contributed by atoms with Crippen molar-refractivity contribution in [2.24, 2.45) is 0 Å². The summed E-state index contributed by atoms with van der Waals surface area (Å²) in [5.41, 5.74) is 15.3. The van der Waals surface area contributed by atoms with Crippen LogP contribution in [-0.4, -0.2) is 0 Å². The van der Waals surface area contributed by atoms with Gasteiger partial charge in [0.05, 0.1) is 0 Å². The van der Waals surface area contributed by atoms with Gasteiger partial charge in [0.1, 0.15) is 0 Å². The highest BCUT2D eigenvalue weighted by molar-refractivity contribution is 6.19. The molecule has 0 bridgehead atoms. The summed E-state index contributed by atoms with van der Waals surface area (Å²) in [6, 6.07) is 81.4. The maximum Gasteiger partial charge on any atom is -0.00201 e. The second-order valence-corrected chi connectivity index (χ2v) is 16.5. The molecule has 276 valence electrons. The van der Waals surface area contributed by atoms with E-state index in [1.807, 2.05) is 0 Å². The van der Waals surface area contributed by atoms with Gasteiger partial charge in [0.15, 0.2) is 0 Å². The normalized spacial score (nSPS) is 12.0. The van der Waals surface area contributed by atoms with Crippen LogP contribution >= 0.6 is 0 Å². The summed E-state index contributed by atoms with van der Waals surface area (Å²) in [5, 5.41) is 15.4. The van der Waals surface area contributed by atoms with E-state index in [2.05, 4.69) is 218 Å². The van der Waals surface area contributed by atoms with Crippen molar-refractivity contribution in [2.45, 2.75) is 0 Å². The van der Waals surface area contributed by atoms with Crippen molar-refractivity contribution in [2.75, 3.05) is 0 Å². The third kappa shape index (κ3) is 5.11. The predicted octanol–water partition coefficient (Wildman–Crippen LogP) is 16.9.